The van der Waals surface area contributed by atoms with Gasteiger partial charge in [0.2, 0.25) is 0 Å². The summed E-state index contributed by atoms with van der Waals surface area (Å²) in [7, 11) is 1.31. The van der Waals surface area contributed by atoms with E-state index in [0.29, 0.717) is 24.6 Å². The van der Waals surface area contributed by atoms with Crippen molar-refractivity contribution in [3.63, 3.8) is 0 Å². The molecule has 7 heteroatoms. The summed E-state index contributed by atoms with van der Waals surface area (Å²) in [5.41, 5.74) is 0.273. The fourth-order valence-corrected chi connectivity index (χ4v) is 2.07. The maximum absolute atomic E-state index is 11.7. The van der Waals surface area contributed by atoms with Gasteiger partial charge in [-0.1, -0.05) is 0 Å². The van der Waals surface area contributed by atoms with Crippen molar-refractivity contribution in [3.05, 3.63) is 16.1 Å². The lowest BCUT2D eigenvalue weighted by atomic mass is 10.5. The molecule has 0 fully saturated rings. The molecular weight excluding hydrogens is 254 g/mol. The minimum atomic E-state index is -0.465. The van der Waals surface area contributed by atoms with Crippen LogP contribution in [0.15, 0.2) is 5.38 Å². The van der Waals surface area contributed by atoms with Crippen LogP contribution in [0, 0.1) is 0 Å². The van der Waals surface area contributed by atoms with E-state index in [4.69, 9.17) is 0 Å². The number of amides is 2. The fourth-order valence-electron chi connectivity index (χ4n) is 1.36. The Hall–Kier alpha value is -1.63. The molecule has 6 nitrogen and oxygen atoms in total. The van der Waals surface area contributed by atoms with Gasteiger partial charge in [-0.25, -0.2) is 14.6 Å². The molecule has 100 valence electrons. The zero-order valence-corrected chi connectivity index (χ0v) is 11.5. The van der Waals surface area contributed by atoms with Crippen LogP contribution in [-0.2, 0) is 11.3 Å². The van der Waals surface area contributed by atoms with E-state index in [0.717, 1.165) is 0 Å². The van der Waals surface area contributed by atoms with Crippen molar-refractivity contribution in [2.75, 3.05) is 20.2 Å². The molecular formula is C11H17N3O3S. The summed E-state index contributed by atoms with van der Waals surface area (Å²) in [5, 5.41) is 5.05. The molecule has 18 heavy (non-hydrogen) atoms. The molecule has 0 aliphatic heterocycles. The van der Waals surface area contributed by atoms with E-state index in [1.807, 2.05) is 13.8 Å². The summed E-state index contributed by atoms with van der Waals surface area (Å²) in [6.45, 7) is 5.47. The number of aromatic nitrogens is 1. The Morgan fingerprint density at radius 3 is 2.67 bits per heavy atom. The number of esters is 1. The lowest BCUT2D eigenvalue weighted by molar-refractivity contribution is 0.0594. The van der Waals surface area contributed by atoms with E-state index in [2.05, 4.69) is 15.0 Å². The van der Waals surface area contributed by atoms with E-state index >= 15 is 0 Å². The number of carbonyl (C=O) groups is 2. The van der Waals surface area contributed by atoms with Crippen LogP contribution in [0.2, 0.25) is 0 Å². The normalized spacial score (nSPS) is 9.94. The molecule has 1 N–H and O–H groups in total. The van der Waals surface area contributed by atoms with Gasteiger partial charge in [-0.3, -0.25) is 0 Å². The van der Waals surface area contributed by atoms with Crippen molar-refractivity contribution in [1.29, 1.82) is 0 Å². The molecule has 1 heterocycles. The van der Waals surface area contributed by atoms with Crippen molar-refractivity contribution in [1.82, 2.24) is 15.2 Å². The summed E-state index contributed by atoms with van der Waals surface area (Å²) in [6.07, 6.45) is 0. The average Bonchev–Trinajstić information content (AvgIpc) is 2.85. The SMILES string of the molecule is CCN(CC)C(=O)NCc1nc(C(=O)OC)cs1. The molecule has 0 aliphatic rings. The molecule has 0 radical (unpaired) electrons. The summed E-state index contributed by atoms with van der Waals surface area (Å²) < 4.78 is 4.56. The number of nitrogens with zero attached hydrogens (tertiary/aromatic N) is 2. The fraction of sp³-hybridized carbons (Fsp3) is 0.545. The summed E-state index contributed by atoms with van der Waals surface area (Å²) in [4.78, 5) is 28.6. The second-order valence-electron chi connectivity index (χ2n) is 3.45. The smallest absolute Gasteiger partial charge is 0.357 e. The molecule has 0 saturated carbocycles. The van der Waals surface area contributed by atoms with Gasteiger partial charge in [0.1, 0.15) is 5.01 Å². The van der Waals surface area contributed by atoms with Crippen LogP contribution in [0.4, 0.5) is 4.79 Å². The van der Waals surface area contributed by atoms with Crippen LogP contribution in [0.5, 0.6) is 0 Å². The zero-order chi connectivity index (χ0) is 13.5. The highest BCUT2D eigenvalue weighted by atomic mass is 32.1. The number of methoxy groups -OCH3 is 1. The Bertz CT molecular complexity index is 415. The largest absolute Gasteiger partial charge is 0.464 e. The predicted octanol–water partition coefficient (Wildman–Crippen LogP) is 1.48. The Balaban J connectivity index is 2.51. The second-order valence-corrected chi connectivity index (χ2v) is 4.39. The van der Waals surface area contributed by atoms with Crippen molar-refractivity contribution in [2.24, 2.45) is 0 Å². The van der Waals surface area contributed by atoms with E-state index in [1.54, 1.807) is 10.3 Å². The van der Waals surface area contributed by atoms with Crippen LogP contribution in [0.3, 0.4) is 0 Å². The maximum atomic E-state index is 11.7. The van der Waals surface area contributed by atoms with Gasteiger partial charge in [-0.05, 0) is 13.8 Å². The minimum absolute atomic E-state index is 0.130. The third-order valence-electron chi connectivity index (χ3n) is 2.39. The molecule has 0 atom stereocenters. The van der Waals surface area contributed by atoms with Gasteiger partial charge in [0.15, 0.2) is 5.69 Å². The summed E-state index contributed by atoms with van der Waals surface area (Å²) in [5.74, 6) is -0.465. The molecule has 0 bridgehead atoms. The molecule has 1 aromatic heterocycles. The molecule has 0 aliphatic carbocycles. The quantitative estimate of drug-likeness (QED) is 0.823. The van der Waals surface area contributed by atoms with Gasteiger partial charge in [-0.15, -0.1) is 11.3 Å². The van der Waals surface area contributed by atoms with Gasteiger partial charge in [0, 0.05) is 18.5 Å². The maximum Gasteiger partial charge on any atom is 0.357 e. The molecule has 0 saturated heterocycles. The molecule has 0 unspecified atom stereocenters. The van der Waals surface area contributed by atoms with Crippen LogP contribution in [0.25, 0.3) is 0 Å². The number of thiazole rings is 1. The summed E-state index contributed by atoms with van der Waals surface area (Å²) >= 11 is 1.32. The third-order valence-corrected chi connectivity index (χ3v) is 3.24. The Morgan fingerprint density at radius 1 is 1.44 bits per heavy atom. The molecule has 1 rings (SSSR count). The van der Waals surface area contributed by atoms with Gasteiger partial charge in [-0.2, -0.15) is 0 Å². The number of carbonyl (C=O) groups excluding carboxylic acids is 2. The predicted molar refractivity (Wildman–Crippen MR) is 68.6 cm³/mol. The van der Waals surface area contributed by atoms with Gasteiger partial charge < -0.3 is 15.0 Å². The molecule has 0 spiro atoms. The Kier molecular flexibility index (Phi) is 5.57. The van der Waals surface area contributed by atoms with E-state index in [-0.39, 0.29) is 11.7 Å². The van der Waals surface area contributed by atoms with Crippen LogP contribution >= 0.6 is 11.3 Å². The Morgan fingerprint density at radius 2 is 2.11 bits per heavy atom. The van der Waals surface area contributed by atoms with Crippen LogP contribution in [-0.4, -0.2) is 42.1 Å². The first kappa shape index (κ1) is 14.4. The van der Waals surface area contributed by atoms with Crippen molar-refractivity contribution < 1.29 is 14.3 Å². The topological polar surface area (TPSA) is 71.5 Å². The number of urea groups is 1. The minimum Gasteiger partial charge on any atom is -0.464 e. The first-order chi connectivity index (χ1) is 8.62. The van der Waals surface area contributed by atoms with Gasteiger partial charge in [0.25, 0.3) is 0 Å². The van der Waals surface area contributed by atoms with E-state index in [1.165, 1.54) is 18.4 Å². The molecule has 0 aromatic carbocycles. The van der Waals surface area contributed by atoms with Gasteiger partial charge >= 0.3 is 12.0 Å². The average molecular weight is 271 g/mol. The monoisotopic (exact) mass is 271 g/mol. The number of rotatable bonds is 5. The lowest BCUT2D eigenvalue weighted by Gasteiger charge is -2.18. The second kappa shape index (κ2) is 6.95. The number of ether oxygens (including phenoxy) is 1. The van der Waals surface area contributed by atoms with Crippen molar-refractivity contribution in [2.45, 2.75) is 20.4 Å². The third kappa shape index (κ3) is 3.69. The number of hydrogen-bond acceptors (Lipinski definition) is 5. The van der Waals surface area contributed by atoms with Crippen LogP contribution < -0.4 is 5.32 Å². The molecule has 2 amide bonds. The van der Waals surface area contributed by atoms with E-state index < -0.39 is 5.97 Å². The highest BCUT2D eigenvalue weighted by Crippen LogP contribution is 2.10. The first-order valence-electron chi connectivity index (χ1n) is 5.67. The first-order valence-corrected chi connectivity index (χ1v) is 6.55. The highest BCUT2D eigenvalue weighted by molar-refractivity contribution is 7.09. The van der Waals surface area contributed by atoms with Gasteiger partial charge in [0.05, 0.1) is 13.7 Å². The molecule has 1 aromatic rings. The Labute approximate surface area is 110 Å². The zero-order valence-electron chi connectivity index (χ0n) is 10.7. The van der Waals surface area contributed by atoms with Crippen molar-refractivity contribution >= 4 is 23.3 Å². The highest BCUT2D eigenvalue weighted by Gasteiger charge is 2.12. The number of nitrogens with one attached hydrogen (secondary N) is 1. The summed E-state index contributed by atoms with van der Waals surface area (Å²) in [6, 6.07) is -0.130. The van der Waals surface area contributed by atoms with E-state index in [9.17, 15) is 9.59 Å². The standard InChI is InChI=1S/C11H17N3O3S/c1-4-14(5-2)11(16)12-6-9-13-8(7-18-9)10(15)17-3/h7H,4-6H2,1-3H3,(H,12,16). The van der Waals surface area contributed by atoms with Crippen LogP contribution in [0.1, 0.15) is 29.3 Å². The lowest BCUT2D eigenvalue weighted by Crippen LogP contribution is -2.39. The van der Waals surface area contributed by atoms with Crippen molar-refractivity contribution in [3.8, 4) is 0 Å². The number of hydrogen-bond donors (Lipinski definition) is 1.